The number of ether oxygens (including phenoxy) is 1. The van der Waals surface area contributed by atoms with Gasteiger partial charge in [0, 0.05) is 50.4 Å². The Kier molecular flexibility index (Phi) is 6.49. The lowest BCUT2D eigenvalue weighted by Crippen LogP contribution is -2.47. The first-order valence-electron chi connectivity index (χ1n) is 12.3. The van der Waals surface area contributed by atoms with Crippen molar-refractivity contribution in [3.8, 4) is 5.75 Å². The number of aromatic amines is 1. The zero-order valence-corrected chi connectivity index (χ0v) is 21.4. The van der Waals surface area contributed by atoms with Crippen LogP contribution in [0.15, 0.2) is 18.3 Å². The summed E-state index contributed by atoms with van der Waals surface area (Å²) in [4.78, 5) is 40.5. The maximum atomic E-state index is 15.5. The highest BCUT2D eigenvalue weighted by Gasteiger charge is 2.36. The zero-order chi connectivity index (χ0) is 26.4. The number of rotatable bonds is 5. The Morgan fingerprint density at radius 2 is 1.84 bits per heavy atom. The Balaban J connectivity index is 1.54. The summed E-state index contributed by atoms with van der Waals surface area (Å²) >= 11 is 0. The molecule has 196 valence electrons. The first-order chi connectivity index (χ1) is 17.7. The number of piperazine rings is 1. The number of benzene rings is 1. The molecular weight excluding hydrogens is 482 g/mol. The van der Waals surface area contributed by atoms with E-state index in [1.165, 1.54) is 18.1 Å². The smallest absolute Gasteiger partial charge is 0.329 e. The molecule has 0 saturated carbocycles. The van der Waals surface area contributed by atoms with Crippen LogP contribution in [0.3, 0.4) is 0 Å². The van der Waals surface area contributed by atoms with Crippen molar-refractivity contribution in [2.75, 3.05) is 57.2 Å². The van der Waals surface area contributed by atoms with E-state index >= 15 is 8.78 Å². The number of nitrogens with one attached hydrogen (secondary N) is 1. The largest absolute Gasteiger partial charge is 0.494 e. The second kappa shape index (κ2) is 9.62. The number of hydrogen-bond acceptors (Lipinski definition) is 5. The lowest BCUT2D eigenvalue weighted by molar-refractivity contribution is 0.0659. The molecule has 5 rings (SSSR count). The van der Waals surface area contributed by atoms with E-state index < -0.39 is 23.4 Å². The number of H-pyrrole nitrogens is 1. The highest BCUT2D eigenvalue weighted by atomic mass is 19.1. The monoisotopic (exact) mass is 512 g/mol. The number of hydrogen-bond donors (Lipinski definition) is 1. The van der Waals surface area contributed by atoms with E-state index in [4.69, 9.17) is 4.74 Å². The van der Waals surface area contributed by atoms with Gasteiger partial charge in [0.25, 0.3) is 5.91 Å². The molecule has 2 aliphatic heterocycles. The fourth-order valence-corrected chi connectivity index (χ4v) is 5.09. The van der Waals surface area contributed by atoms with Crippen molar-refractivity contribution in [1.29, 1.82) is 0 Å². The van der Waals surface area contributed by atoms with E-state index in [0.717, 1.165) is 18.0 Å². The molecule has 0 aliphatic carbocycles. The van der Waals surface area contributed by atoms with Gasteiger partial charge >= 0.3 is 6.03 Å². The van der Waals surface area contributed by atoms with Crippen molar-refractivity contribution in [3.05, 3.63) is 46.8 Å². The van der Waals surface area contributed by atoms with Gasteiger partial charge in [-0.25, -0.2) is 18.6 Å². The van der Waals surface area contributed by atoms with E-state index in [9.17, 15) is 9.59 Å². The number of fused-ring (bicyclic) bond motifs is 3. The molecule has 2 aliphatic rings. The molecule has 2 aromatic heterocycles. The number of aryl methyl sites for hydroxylation is 1. The quantitative estimate of drug-likeness (QED) is 0.563. The molecule has 9 nitrogen and oxygen atoms in total. The van der Waals surface area contributed by atoms with Crippen LogP contribution in [0.5, 0.6) is 5.75 Å². The van der Waals surface area contributed by atoms with Crippen molar-refractivity contribution in [3.63, 3.8) is 0 Å². The van der Waals surface area contributed by atoms with Gasteiger partial charge in [-0.3, -0.25) is 14.6 Å². The Morgan fingerprint density at radius 1 is 1.11 bits per heavy atom. The van der Waals surface area contributed by atoms with Gasteiger partial charge in [0.05, 0.1) is 19.3 Å². The number of amides is 3. The molecule has 3 amide bonds. The average Bonchev–Trinajstić information content (AvgIpc) is 3.33. The molecule has 3 aromatic rings. The third-order valence-electron chi connectivity index (χ3n) is 7.14. The van der Waals surface area contributed by atoms with Gasteiger partial charge in [-0.15, -0.1) is 0 Å². The molecule has 0 radical (unpaired) electrons. The molecule has 0 unspecified atom stereocenters. The topological polar surface area (TPSA) is 85.0 Å². The summed E-state index contributed by atoms with van der Waals surface area (Å²) in [7, 11) is 4.87. The van der Waals surface area contributed by atoms with Gasteiger partial charge in [0.15, 0.2) is 17.4 Å². The first kappa shape index (κ1) is 24.9. The fraction of sp³-hybridized carbons (Fsp3) is 0.423. The van der Waals surface area contributed by atoms with E-state index in [1.807, 2.05) is 14.0 Å². The highest BCUT2D eigenvalue weighted by molar-refractivity contribution is 6.12. The van der Waals surface area contributed by atoms with E-state index in [2.05, 4.69) is 14.9 Å². The van der Waals surface area contributed by atoms with Crippen molar-refractivity contribution in [2.24, 2.45) is 0 Å². The maximum absolute atomic E-state index is 15.5. The lowest BCUT2D eigenvalue weighted by Gasteiger charge is -2.35. The highest BCUT2D eigenvalue weighted by Crippen LogP contribution is 2.40. The zero-order valence-electron chi connectivity index (χ0n) is 21.4. The minimum Gasteiger partial charge on any atom is -0.494 e. The van der Waals surface area contributed by atoms with Crippen molar-refractivity contribution >= 4 is 34.3 Å². The van der Waals surface area contributed by atoms with Crippen LogP contribution in [0.1, 0.15) is 35.0 Å². The number of pyridine rings is 1. The van der Waals surface area contributed by atoms with Crippen molar-refractivity contribution in [1.82, 2.24) is 19.8 Å². The number of methoxy groups -OCH3 is 1. The number of carbonyl (C=O) groups is 2. The third kappa shape index (κ3) is 4.16. The van der Waals surface area contributed by atoms with Gasteiger partial charge in [-0.05, 0) is 31.2 Å². The summed E-state index contributed by atoms with van der Waals surface area (Å²) in [5, 5.41) is 0.601. The number of aromatic nitrogens is 2. The first-order valence-corrected chi connectivity index (χ1v) is 12.3. The van der Waals surface area contributed by atoms with Gasteiger partial charge in [0.1, 0.15) is 17.0 Å². The van der Waals surface area contributed by atoms with Crippen LogP contribution in [0.4, 0.5) is 25.0 Å². The number of likely N-dealkylation sites (N-methyl/N-ethyl adjacent to an activating group) is 1. The molecule has 0 atom stereocenters. The Labute approximate surface area is 213 Å². The van der Waals surface area contributed by atoms with Crippen LogP contribution in [0.25, 0.3) is 11.0 Å². The molecule has 4 heterocycles. The van der Waals surface area contributed by atoms with Crippen molar-refractivity contribution in [2.45, 2.75) is 26.3 Å². The summed E-state index contributed by atoms with van der Waals surface area (Å²) in [6.45, 7) is 4.65. The van der Waals surface area contributed by atoms with Gasteiger partial charge in [-0.1, -0.05) is 13.3 Å². The van der Waals surface area contributed by atoms with Crippen LogP contribution < -0.4 is 14.5 Å². The van der Waals surface area contributed by atoms with Gasteiger partial charge < -0.3 is 19.5 Å². The number of urea groups is 1. The molecule has 1 fully saturated rings. The number of carbonyl (C=O) groups excluding carboxylic acids is 2. The molecule has 37 heavy (non-hydrogen) atoms. The average molecular weight is 513 g/mol. The lowest BCUT2D eigenvalue weighted by atomic mass is 10.0. The van der Waals surface area contributed by atoms with E-state index in [-0.39, 0.29) is 23.8 Å². The summed E-state index contributed by atoms with van der Waals surface area (Å²) in [6.07, 6.45) is 2.59. The minimum atomic E-state index is -0.930. The van der Waals surface area contributed by atoms with E-state index in [0.29, 0.717) is 53.9 Å². The standard InChI is InChI=1S/C26H30F2N6O3/c1-5-6-15-11-19(37-4)21(28)23(20(15)27)34-14-16-13-29-24-17(22(16)32(3)26(34)36)12-18(30-24)25(35)33-9-7-31(2)8-10-33/h11-13H,5-10,14H2,1-4H3,(H,29,30). The second-order valence-corrected chi connectivity index (χ2v) is 9.57. The second-order valence-electron chi connectivity index (χ2n) is 9.57. The van der Waals surface area contributed by atoms with E-state index in [1.54, 1.807) is 24.2 Å². The van der Waals surface area contributed by atoms with Crippen LogP contribution in [0, 0.1) is 11.6 Å². The molecule has 0 spiro atoms. The fourth-order valence-electron chi connectivity index (χ4n) is 5.09. The SMILES string of the molecule is CCCc1cc(OC)c(F)c(N2Cc3cnc4[nH]c(C(=O)N5CCN(C)CC5)cc4c3N(C)C2=O)c1F. The molecule has 0 bridgehead atoms. The number of anilines is 2. The van der Waals surface area contributed by atoms with Crippen molar-refractivity contribution < 1.29 is 23.1 Å². The summed E-state index contributed by atoms with van der Waals surface area (Å²) in [5.74, 6) is -1.95. The van der Waals surface area contributed by atoms with Crippen LogP contribution >= 0.6 is 0 Å². The predicted octanol–water partition coefficient (Wildman–Crippen LogP) is 3.77. The molecule has 1 aromatic carbocycles. The third-order valence-corrected chi connectivity index (χ3v) is 7.14. The Bertz CT molecular complexity index is 1380. The molecule has 11 heteroatoms. The summed E-state index contributed by atoms with van der Waals surface area (Å²) < 4.78 is 35.9. The Morgan fingerprint density at radius 3 is 2.51 bits per heavy atom. The molecule has 1 N–H and O–H groups in total. The van der Waals surface area contributed by atoms with Crippen LogP contribution in [-0.4, -0.2) is 79.1 Å². The minimum absolute atomic E-state index is 0.0824. The van der Waals surface area contributed by atoms with Gasteiger partial charge in [-0.2, -0.15) is 0 Å². The summed E-state index contributed by atoms with van der Waals surface area (Å²) in [6, 6.07) is 2.45. The summed E-state index contributed by atoms with van der Waals surface area (Å²) in [5.41, 5.74) is 1.85. The normalized spacial score (nSPS) is 16.5. The number of nitrogens with zero attached hydrogens (tertiary/aromatic N) is 5. The maximum Gasteiger partial charge on any atom is 0.329 e. The predicted molar refractivity (Wildman–Crippen MR) is 136 cm³/mol. The molecule has 1 saturated heterocycles. The Hall–Kier alpha value is -3.73. The van der Waals surface area contributed by atoms with Gasteiger partial charge in [0.2, 0.25) is 0 Å². The number of halogens is 2. The van der Waals surface area contributed by atoms with Crippen LogP contribution in [-0.2, 0) is 13.0 Å². The van der Waals surface area contributed by atoms with Crippen LogP contribution in [0.2, 0.25) is 0 Å². The molecular formula is C26H30F2N6O3.